The van der Waals surface area contributed by atoms with Gasteiger partial charge in [0.05, 0.1) is 24.3 Å². The zero-order chi connectivity index (χ0) is 25.3. The van der Waals surface area contributed by atoms with E-state index < -0.39 is 29.2 Å². The van der Waals surface area contributed by atoms with E-state index in [1.54, 1.807) is 21.6 Å². The van der Waals surface area contributed by atoms with Gasteiger partial charge in [0.15, 0.2) is 29.4 Å². The van der Waals surface area contributed by atoms with Crippen molar-refractivity contribution in [3.63, 3.8) is 0 Å². The molecule has 36 heavy (non-hydrogen) atoms. The third-order valence-corrected chi connectivity index (χ3v) is 7.39. The molecule has 4 rings (SSSR count). The quantitative estimate of drug-likeness (QED) is 0.108. The standard InChI is InChI=1S/C19H22N8O6S2.ClH/c1-33-24-12(10-8-35-19(21)22-10)15(29)23-13-16(30)27-14(18(31)32)9(7-34-17(13)27)6-25-3-2-11(20)26(25)4-5-28;/h2-3,8,13,17,20,28H,4-7H2,1H3,(H4,21,22,23,29,31,32);1H/b24-12-;/t13-,17-;/m1./s1. The summed E-state index contributed by atoms with van der Waals surface area (Å²) in [4.78, 5) is 47.6. The minimum atomic E-state index is -1.50. The number of nitrogen functional groups attached to an aromatic ring is 2. The van der Waals surface area contributed by atoms with Crippen LogP contribution < -0.4 is 26.6 Å². The monoisotopic (exact) mass is 558 g/mol. The Kier molecular flexibility index (Phi) is 8.44. The molecule has 2 aromatic rings. The van der Waals surface area contributed by atoms with Gasteiger partial charge in [-0.25, -0.2) is 4.98 Å². The second-order valence-electron chi connectivity index (χ2n) is 7.48. The summed E-state index contributed by atoms with van der Waals surface area (Å²) in [6.45, 7) is 0.183. The molecule has 0 aliphatic carbocycles. The van der Waals surface area contributed by atoms with Crippen molar-refractivity contribution in [2.24, 2.45) is 5.16 Å². The maximum absolute atomic E-state index is 12.9. The highest BCUT2D eigenvalue weighted by molar-refractivity contribution is 8.00. The van der Waals surface area contributed by atoms with E-state index in [0.29, 0.717) is 11.4 Å². The number of nitrogens with one attached hydrogen (secondary N) is 1. The van der Waals surface area contributed by atoms with E-state index in [9.17, 15) is 24.6 Å². The molecule has 14 nitrogen and oxygen atoms in total. The Bertz CT molecular complexity index is 1240. The topological polar surface area (TPSA) is 205 Å². The van der Waals surface area contributed by atoms with Gasteiger partial charge in [-0.3, -0.25) is 14.5 Å². The average Bonchev–Trinajstić information content (AvgIpc) is 3.41. The van der Waals surface area contributed by atoms with Gasteiger partial charge in [0.1, 0.15) is 30.8 Å². The predicted octanol–water partition coefficient (Wildman–Crippen LogP) is -2.73. The maximum atomic E-state index is 12.9. The van der Waals surface area contributed by atoms with Crippen molar-refractivity contribution in [1.29, 1.82) is 0 Å². The molecule has 2 aromatic heterocycles. The number of anilines is 2. The zero-order valence-corrected chi connectivity index (χ0v) is 21.3. The number of rotatable bonds is 9. The van der Waals surface area contributed by atoms with Gasteiger partial charge < -0.3 is 36.6 Å². The highest BCUT2D eigenvalue weighted by Crippen LogP contribution is 2.40. The van der Waals surface area contributed by atoms with Crippen LogP contribution in [-0.4, -0.2) is 74.1 Å². The van der Waals surface area contributed by atoms with Gasteiger partial charge in [-0.2, -0.15) is 0 Å². The van der Waals surface area contributed by atoms with Crippen LogP contribution in [0.3, 0.4) is 0 Å². The minimum Gasteiger partial charge on any atom is -0.543 e. The zero-order valence-electron chi connectivity index (χ0n) is 18.8. The lowest BCUT2D eigenvalue weighted by Gasteiger charge is -2.50. The number of carboxylic acids is 1. The molecule has 2 aliphatic rings. The van der Waals surface area contributed by atoms with Crippen molar-refractivity contribution in [2.45, 2.75) is 24.5 Å². The van der Waals surface area contributed by atoms with Gasteiger partial charge in [0.2, 0.25) is 0 Å². The number of oxime groups is 1. The first-order valence-corrected chi connectivity index (χ1v) is 12.2. The fourth-order valence-electron chi connectivity index (χ4n) is 3.86. The summed E-state index contributed by atoms with van der Waals surface area (Å²) >= 11 is 2.41. The predicted molar refractivity (Wildman–Crippen MR) is 131 cm³/mol. The van der Waals surface area contributed by atoms with E-state index >= 15 is 0 Å². The number of nitrogens with two attached hydrogens (primary N) is 2. The van der Waals surface area contributed by atoms with Gasteiger partial charge in [-0.15, -0.1) is 44.9 Å². The number of aliphatic hydroxyl groups is 1. The van der Waals surface area contributed by atoms with Crippen molar-refractivity contribution >= 4 is 70.0 Å². The molecule has 0 spiro atoms. The van der Waals surface area contributed by atoms with Gasteiger partial charge in [-0.05, 0) is 0 Å². The smallest absolute Gasteiger partial charge is 0.276 e. The molecule has 194 valence electrons. The van der Waals surface area contributed by atoms with Crippen LogP contribution in [0.4, 0.5) is 10.9 Å². The van der Waals surface area contributed by atoms with Crippen LogP contribution in [0.2, 0.25) is 0 Å². The van der Waals surface area contributed by atoms with Crippen LogP contribution in [0, 0.1) is 0 Å². The number of carbonyl (C=O) groups excluding carboxylic acids is 3. The maximum Gasteiger partial charge on any atom is 0.276 e. The highest BCUT2D eigenvalue weighted by atomic mass is 35.5. The number of hydrogen-bond donors (Lipinski definition) is 4. The largest absolute Gasteiger partial charge is 0.543 e. The molecule has 2 amide bonds. The van der Waals surface area contributed by atoms with Gasteiger partial charge in [-0.1, -0.05) is 5.16 Å². The van der Waals surface area contributed by atoms with E-state index in [4.69, 9.17) is 16.3 Å². The Morgan fingerprint density at radius 2 is 2.19 bits per heavy atom. The second-order valence-corrected chi connectivity index (χ2v) is 9.47. The van der Waals surface area contributed by atoms with Crippen LogP contribution in [0.25, 0.3) is 0 Å². The number of carboxylic acid groups (broad SMARTS) is 1. The fraction of sp³-hybridized carbons (Fsp3) is 0.368. The lowest BCUT2D eigenvalue weighted by atomic mass is 10.0. The number of fused-ring (bicyclic) bond motifs is 1. The third-order valence-electron chi connectivity index (χ3n) is 5.38. The van der Waals surface area contributed by atoms with E-state index in [1.165, 1.54) is 24.3 Å². The van der Waals surface area contributed by atoms with Crippen LogP contribution in [-0.2, 0) is 32.3 Å². The molecule has 0 bridgehead atoms. The third kappa shape index (κ3) is 4.97. The molecular formula is C19H23ClN8O6S2. The number of aromatic nitrogens is 3. The molecule has 0 saturated carbocycles. The molecule has 17 heteroatoms. The van der Waals surface area contributed by atoms with Crippen molar-refractivity contribution in [2.75, 3.05) is 30.9 Å². The summed E-state index contributed by atoms with van der Waals surface area (Å²) in [6.07, 6.45) is 1.66. The summed E-state index contributed by atoms with van der Waals surface area (Å²) in [7, 11) is 1.26. The first kappa shape index (κ1) is 27.3. The summed E-state index contributed by atoms with van der Waals surface area (Å²) in [5.41, 5.74) is 11.8. The summed E-state index contributed by atoms with van der Waals surface area (Å²) < 4.78 is 3.25. The minimum absolute atomic E-state index is 0. The van der Waals surface area contributed by atoms with Crippen molar-refractivity contribution in [3.8, 4) is 0 Å². The molecule has 0 unspecified atom stereocenters. The average molecular weight is 559 g/mol. The molecule has 1 saturated heterocycles. The van der Waals surface area contributed by atoms with Crippen molar-refractivity contribution < 1.29 is 34.1 Å². The van der Waals surface area contributed by atoms with E-state index in [1.807, 2.05) is 0 Å². The van der Waals surface area contributed by atoms with Gasteiger partial charge in [0, 0.05) is 16.7 Å². The van der Waals surface area contributed by atoms with Crippen LogP contribution in [0.15, 0.2) is 34.1 Å². The normalized spacial score (nSPS) is 19.3. The number of nitrogens with zero attached hydrogens (tertiary/aromatic N) is 5. The molecule has 2 atom stereocenters. The number of halogens is 1. The molecule has 0 aromatic carbocycles. The summed E-state index contributed by atoms with van der Waals surface area (Å²) in [5, 5.41) is 28.7. The Morgan fingerprint density at radius 3 is 2.81 bits per heavy atom. The molecular weight excluding hydrogens is 536 g/mol. The summed E-state index contributed by atoms with van der Waals surface area (Å²) in [6, 6.07) is 0.645. The second kappa shape index (κ2) is 11.2. The summed E-state index contributed by atoms with van der Waals surface area (Å²) in [5.74, 6) is -2.15. The Morgan fingerprint density at radius 1 is 1.44 bits per heavy atom. The lowest BCUT2D eigenvalue weighted by molar-refractivity contribution is -0.767. The molecule has 4 heterocycles. The number of aliphatic hydroxyl groups excluding tert-OH is 1. The van der Waals surface area contributed by atoms with Crippen LogP contribution in [0.5, 0.6) is 0 Å². The Labute approximate surface area is 219 Å². The van der Waals surface area contributed by atoms with E-state index in [0.717, 1.165) is 16.2 Å². The number of thiazole rings is 1. The molecule has 0 radical (unpaired) electrons. The molecule has 2 aliphatic heterocycles. The number of hydrogen-bond acceptors (Lipinski definition) is 12. The van der Waals surface area contributed by atoms with Crippen LogP contribution >= 0.6 is 35.5 Å². The van der Waals surface area contributed by atoms with Crippen LogP contribution in [0.1, 0.15) is 5.69 Å². The highest BCUT2D eigenvalue weighted by Gasteiger charge is 2.53. The Balaban J connectivity index is 0.00000361. The first-order valence-electron chi connectivity index (χ1n) is 10.2. The van der Waals surface area contributed by atoms with Crippen molar-refractivity contribution in [3.05, 3.63) is 34.6 Å². The number of amides is 2. The Hall–Kier alpha value is -3.34. The fourth-order valence-corrected chi connectivity index (χ4v) is 5.74. The lowest BCUT2D eigenvalue weighted by Crippen LogP contribution is -2.71. The molecule has 1 fully saturated rings. The first-order chi connectivity index (χ1) is 16.8. The SMILES string of the molecule is CO/N=C(\C(=O)N[C@@H]1C(=O)N2C(C(=O)[O-])=C(C[n+]3ccc(N)n3CCO)CS[C@H]12)c1csc(N)n1.Cl. The number of aliphatic carboxylic acids is 1. The van der Waals surface area contributed by atoms with E-state index in [-0.39, 0.29) is 60.1 Å². The number of thioether (sulfide) groups is 1. The molecule has 6 N–H and O–H groups in total. The number of carbonyl (C=O) groups is 3. The van der Waals surface area contributed by atoms with Gasteiger partial charge >= 0.3 is 0 Å². The van der Waals surface area contributed by atoms with Gasteiger partial charge in [0.25, 0.3) is 11.8 Å². The van der Waals surface area contributed by atoms with Crippen molar-refractivity contribution in [1.82, 2.24) is 19.9 Å². The van der Waals surface area contributed by atoms with E-state index in [2.05, 4.69) is 15.5 Å². The number of β-lactam (4-membered cyclic amide) rings is 1.